The van der Waals surface area contributed by atoms with Crippen molar-refractivity contribution in [2.75, 3.05) is 0 Å². The van der Waals surface area contributed by atoms with Crippen molar-refractivity contribution in [3.63, 3.8) is 0 Å². The van der Waals surface area contributed by atoms with Gasteiger partial charge in [-0.1, -0.05) is 6.07 Å². The maximum absolute atomic E-state index is 6.16. The summed E-state index contributed by atoms with van der Waals surface area (Å²) in [6.45, 7) is 0. The first-order valence-electron chi connectivity index (χ1n) is 5.04. The zero-order valence-electron chi connectivity index (χ0n) is 8.21. The van der Waals surface area contributed by atoms with Gasteiger partial charge in [0.25, 0.3) is 0 Å². The molecule has 1 saturated carbocycles. The lowest BCUT2D eigenvalue weighted by molar-refractivity contribution is 0.648. The van der Waals surface area contributed by atoms with Gasteiger partial charge in [0.05, 0.1) is 0 Å². The Hall–Kier alpha value is -1.20. The predicted molar refractivity (Wildman–Crippen MR) is 58.6 cm³/mol. The molecule has 1 aliphatic carbocycles. The molecule has 0 saturated heterocycles. The van der Waals surface area contributed by atoms with Gasteiger partial charge < -0.3 is 10.3 Å². The van der Waals surface area contributed by atoms with Gasteiger partial charge in [-0.15, -0.1) is 21.5 Å². The average molecular weight is 220 g/mol. The summed E-state index contributed by atoms with van der Waals surface area (Å²) in [5, 5.41) is 10.1. The van der Waals surface area contributed by atoms with Crippen LogP contribution in [-0.2, 0) is 0 Å². The van der Waals surface area contributed by atoms with E-state index in [1.54, 1.807) is 17.7 Å². The first kappa shape index (κ1) is 9.06. The van der Waals surface area contributed by atoms with Crippen LogP contribution < -0.4 is 5.73 Å². The van der Waals surface area contributed by atoms with Gasteiger partial charge in [0.1, 0.15) is 12.4 Å². The molecule has 1 aliphatic rings. The van der Waals surface area contributed by atoms with Crippen LogP contribution in [-0.4, -0.2) is 14.8 Å². The van der Waals surface area contributed by atoms with Crippen LogP contribution in [0.3, 0.4) is 0 Å². The second-order valence-electron chi connectivity index (χ2n) is 3.82. The zero-order chi connectivity index (χ0) is 10.3. The molecule has 2 aromatic heterocycles. The van der Waals surface area contributed by atoms with Gasteiger partial charge >= 0.3 is 0 Å². The first-order chi connectivity index (χ1) is 7.36. The van der Waals surface area contributed by atoms with Crippen molar-refractivity contribution in [3.05, 3.63) is 34.5 Å². The summed E-state index contributed by atoms with van der Waals surface area (Å²) in [4.78, 5) is 1.14. The van der Waals surface area contributed by atoms with E-state index in [1.807, 2.05) is 17.5 Å². The molecule has 2 aromatic rings. The molecule has 0 radical (unpaired) electrons. The van der Waals surface area contributed by atoms with E-state index >= 15 is 0 Å². The highest BCUT2D eigenvalue weighted by atomic mass is 32.1. The molecule has 1 fully saturated rings. The standard InChI is InChI=1S/C10H12N4S/c11-9(8-2-1-5-15-8)10-13-12-6-14(10)7-3-4-7/h1-2,5-7,9H,3-4,11H2. The van der Waals surface area contributed by atoms with Crippen LogP contribution >= 0.6 is 11.3 Å². The Labute approximate surface area is 91.7 Å². The van der Waals surface area contributed by atoms with Gasteiger partial charge in [-0.05, 0) is 24.3 Å². The number of rotatable bonds is 3. The van der Waals surface area contributed by atoms with Gasteiger partial charge in [-0.25, -0.2) is 0 Å². The van der Waals surface area contributed by atoms with Gasteiger partial charge in [0.2, 0.25) is 0 Å². The topological polar surface area (TPSA) is 56.7 Å². The Kier molecular flexibility index (Phi) is 2.07. The predicted octanol–water partition coefficient (Wildman–Crippen LogP) is 1.72. The largest absolute Gasteiger partial charge is 0.317 e. The monoisotopic (exact) mass is 220 g/mol. The molecular formula is C10H12N4S. The third-order valence-corrected chi connectivity index (χ3v) is 3.62. The Morgan fingerprint density at radius 1 is 1.53 bits per heavy atom. The van der Waals surface area contributed by atoms with Crippen LogP contribution in [0.2, 0.25) is 0 Å². The lowest BCUT2D eigenvalue weighted by atomic mass is 10.2. The molecule has 0 amide bonds. The molecule has 2 heterocycles. The summed E-state index contributed by atoms with van der Waals surface area (Å²) in [6.07, 6.45) is 4.24. The Morgan fingerprint density at radius 2 is 2.40 bits per heavy atom. The number of nitrogens with two attached hydrogens (primary N) is 1. The molecular weight excluding hydrogens is 208 g/mol. The molecule has 0 spiro atoms. The van der Waals surface area contributed by atoms with E-state index in [-0.39, 0.29) is 6.04 Å². The van der Waals surface area contributed by atoms with Gasteiger partial charge in [0, 0.05) is 10.9 Å². The molecule has 5 heteroatoms. The van der Waals surface area contributed by atoms with Crippen LogP contribution in [0.4, 0.5) is 0 Å². The Balaban J connectivity index is 1.94. The summed E-state index contributed by atoms with van der Waals surface area (Å²) in [6, 6.07) is 4.51. The summed E-state index contributed by atoms with van der Waals surface area (Å²) in [5.74, 6) is 0.889. The fourth-order valence-electron chi connectivity index (χ4n) is 1.70. The molecule has 0 aliphatic heterocycles. The summed E-state index contributed by atoms with van der Waals surface area (Å²) >= 11 is 1.66. The lowest BCUT2D eigenvalue weighted by Crippen LogP contribution is -2.16. The lowest BCUT2D eigenvalue weighted by Gasteiger charge is -2.10. The van der Waals surface area contributed by atoms with Gasteiger partial charge in [0.15, 0.2) is 5.82 Å². The fraction of sp³-hybridized carbons (Fsp3) is 0.400. The molecule has 0 aromatic carbocycles. The van der Waals surface area contributed by atoms with Crippen molar-refractivity contribution < 1.29 is 0 Å². The number of nitrogens with zero attached hydrogens (tertiary/aromatic N) is 3. The van der Waals surface area contributed by atoms with Crippen LogP contribution in [0.25, 0.3) is 0 Å². The van der Waals surface area contributed by atoms with Crippen molar-refractivity contribution in [1.82, 2.24) is 14.8 Å². The second-order valence-corrected chi connectivity index (χ2v) is 4.80. The summed E-state index contributed by atoms with van der Waals surface area (Å²) < 4.78 is 2.12. The minimum Gasteiger partial charge on any atom is -0.317 e. The molecule has 0 bridgehead atoms. The maximum atomic E-state index is 6.16. The number of hydrogen-bond donors (Lipinski definition) is 1. The van der Waals surface area contributed by atoms with Crippen LogP contribution in [0.5, 0.6) is 0 Å². The molecule has 1 unspecified atom stereocenters. The SMILES string of the molecule is NC(c1cccs1)c1nncn1C1CC1. The van der Waals surface area contributed by atoms with E-state index in [4.69, 9.17) is 5.73 Å². The summed E-state index contributed by atoms with van der Waals surface area (Å²) in [7, 11) is 0. The third-order valence-electron chi connectivity index (χ3n) is 2.67. The number of hydrogen-bond acceptors (Lipinski definition) is 4. The van der Waals surface area contributed by atoms with Crippen molar-refractivity contribution in [1.29, 1.82) is 0 Å². The minimum atomic E-state index is -0.131. The average Bonchev–Trinajstić information content (AvgIpc) is 2.82. The van der Waals surface area contributed by atoms with E-state index < -0.39 is 0 Å². The highest BCUT2D eigenvalue weighted by Crippen LogP contribution is 2.37. The Bertz CT molecular complexity index is 444. The highest BCUT2D eigenvalue weighted by molar-refractivity contribution is 7.10. The molecule has 4 nitrogen and oxygen atoms in total. The highest BCUT2D eigenvalue weighted by Gasteiger charge is 2.28. The van der Waals surface area contributed by atoms with E-state index in [1.165, 1.54) is 12.8 Å². The Morgan fingerprint density at radius 3 is 3.07 bits per heavy atom. The van der Waals surface area contributed by atoms with Crippen LogP contribution in [0.15, 0.2) is 23.8 Å². The van der Waals surface area contributed by atoms with Crippen molar-refractivity contribution in [2.45, 2.75) is 24.9 Å². The maximum Gasteiger partial charge on any atom is 0.155 e. The normalized spacial score (nSPS) is 17.9. The van der Waals surface area contributed by atoms with E-state index in [2.05, 4.69) is 14.8 Å². The van der Waals surface area contributed by atoms with Crippen molar-refractivity contribution in [3.8, 4) is 0 Å². The van der Waals surface area contributed by atoms with Crippen LogP contribution in [0.1, 0.15) is 35.6 Å². The van der Waals surface area contributed by atoms with Gasteiger partial charge in [-0.2, -0.15) is 0 Å². The summed E-state index contributed by atoms with van der Waals surface area (Å²) in [5.41, 5.74) is 6.16. The molecule has 15 heavy (non-hydrogen) atoms. The molecule has 3 rings (SSSR count). The molecule has 1 atom stereocenters. The van der Waals surface area contributed by atoms with E-state index in [9.17, 15) is 0 Å². The number of aromatic nitrogens is 3. The quantitative estimate of drug-likeness (QED) is 0.857. The fourth-order valence-corrected chi connectivity index (χ4v) is 2.43. The minimum absolute atomic E-state index is 0.131. The third kappa shape index (κ3) is 1.57. The van der Waals surface area contributed by atoms with E-state index in [0.29, 0.717) is 6.04 Å². The van der Waals surface area contributed by atoms with Crippen molar-refractivity contribution in [2.24, 2.45) is 5.73 Å². The molecule has 2 N–H and O–H groups in total. The zero-order valence-corrected chi connectivity index (χ0v) is 9.02. The van der Waals surface area contributed by atoms with Gasteiger partial charge in [-0.3, -0.25) is 0 Å². The number of thiophene rings is 1. The van der Waals surface area contributed by atoms with Crippen LogP contribution in [0, 0.1) is 0 Å². The smallest absolute Gasteiger partial charge is 0.155 e. The molecule has 78 valence electrons. The second kappa shape index (κ2) is 3.43. The van der Waals surface area contributed by atoms with E-state index in [0.717, 1.165) is 10.7 Å². The van der Waals surface area contributed by atoms with Crippen molar-refractivity contribution >= 4 is 11.3 Å². The first-order valence-corrected chi connectivity index (χ1v) is 5.92.